The van der Waals surface area contributed by atoms with Gasteiger partial charge in [0, 0.05) is 6.61 Å². The van der Waals surface area contributed by atoms with E-state index in [4.69, 9.17) is 4.74 Å². The van der Waals surface area contributed by atoms with Crippen LogP contribution in [0.25, 0.3) is 0 Å². The van der Waals surface area contributed by atoms with Crippen molar-refractivity contribution in [3.05, 3.63) is 0 Å². The van der Waals surface area contributed by atoms with Crippen LogP contribution in [0.15, 0.2) is 0 Å². The molecule has 1 nitrogen and oxygen atoms in total. The van der Waals surface area contributed by atoms with Crippen molar-refractivity contribution in [1.29, 1.82) is 0 Å². The van der Waals surface area contributed by atoms with Crippen LogP contribution in [0.5, 0.6) is 0 Å². The molecule has 1 saturated carbocycles. The van der Waals surface area contributed by atoms with Crippen LogP contribution in [0.4, 0.5) is 0 Å². The van der Waals surface area contributed by atoms with Crippen LogP contribution in [-0.2, 0) is 4.74 Å². The summed E-state index contributed by atoms with van der Waals surface area (Å²) in [5, 5.41) is 0. The van der Waals surface area contributed by atoms with E-state index < -0.39 is 0 Å². The maximum Gasteiger partial charge on any atom is 0.0598 e. The Kier molecular flexibility index (Phi) is 3.02. The van der Waals surface area contributed by atoms with E-state index in [2.05, 4.69) is 41.5 Å². The van der Waals surface area contributed by atoms with Gasteiger partial charge >= 0.3 is 0 Å². The molecule has 0 aromatic heterocycles. The summed E-state index contributed by atoms with van der Waals surface area (Å²) >= 11 is 0. The van der Waals surface area contributed by atoms with Gasteiger partial charge in [0.15, 0.2) is 0 Å². The van der Waals surface area contributed by atoms with Gasteiger partial charge < -0.3 is 4.74 Å². The predicted octanol–water partition coefficient (Wildman–Crippen LogP) is 4.02. The molecule has 0 saturated heterocycles. The first-order chi connectivity index (χ1) is 6.16. The number of hydrogen-bond acceptors (Lipinski definition) is 1. The van der Waals surface area contributed by atoms with Gasteiger partial charge in [0.1, 0.15) is 0 Å². The summed E-state index contributed by atoms with van der Waals surface area (Å²) in [4.78, 5) is 0. The van der Waals surface area contributed by atoms with Crippen molar-refractivity contribution in [3.63, 3.8) is 0 Å². The summed E-state index contributed by atoms with van der Waals surface area (Å²) in [5.74, 6) is 0. The van der Waals surface area contributed by atoms with Gasteiger partial charge in [-0.05, 0) is 50.9 Å². The average Bonchev–Trinajstić information content (AvgIpc) is 2.63. The maximum absolute atomic E-state index is 5.80. The highest BCUT2D eigenvalue weighted by molar-refractivity contribution is 5.01. The Morgan fingerprint density at radius 3 is 1.79 bits per heavy atom. The Balaban J connectivity index is 2.32. The second-order valence-electron chi connectivity index (χ2n) is 6.74. The fraction of sp³-hybridized carbons (Fsp3) is 1.00. The quantitative estimate of drug-likeness (QED) is 0.665. The van der Waals surface area contributed by atoms with Gasteiger partial charge in [-0.2, -0.15) is 0 Å². The molecule has 1 heteroatoms. The zero-order valence-corrected chi connectivity index (χ0v) is 10.7. The van der Waals surface area contributed by atoms with E-state index in [0.717, 1.165) is 6.61 Å². The van der Waals surface area contributed by atoms with Crippen LogP contribution in [0.3, 0.4) is 0 Å². The molecule has 0 unspecified atom stereocenters. The van der Waals surface area contributed by atoms with E-state index in [0.29, 0.717) is 10.8 Å². The lowest BCUT2D eigenvalue weighted by atomic mass is 9.76. The molecule has 0 aromatic carbocycles. The standard InChI is InChI=1S/C13H26O/c1-11(2,3)13(7-8-13)9-10-14-12(4,5)6/h7-10H2,1-6H3. The van der Waals surface area contributed by atoms with Crippen LogP contribution >= 0.6 is 0 Å². The second kappa shape index (κ2) is 3.52. The topological polar surface area (TPSA) is 9.23 Å². The first-order valence-corrected chi connectivity index (χ1v) is 5.80. The van der Waals surface area contributed by atoms with Gasteiger partial charge in [-0.15, -0.1) is 0 Å². The Morgan fingerprint density at radius 1 is 1.00 bits per heavy atom. The lowest BCUT2D eigenvalue weighted by molar-refractivity contribution is -0.0188. The van der Waals surface area contributed by atoms with Crippen LogP contribution in [0.2, 0.25) is 0 Å². The van der Waals surface area contributed by atoms with Gasteiger partial charge in [-0.3, -0.25) is 0 Å². The third-order valence-electron chi connectivity index (χ3n) is 3.56. The minimum atomic E-state index is 0.0218. The molecule has 0 bridgehead atoms. The Bertz CT molecular complexity index is 188. The lowest BCUT2D eigenvalue weighted by Gasteiger charge is -2.32. The fourth-order valence-corrected chi connectivity index (χ4v) is 2.08. The Morgan fingerprint density at radius 2 is 1.50 bits per heavy atom. The molecular formula is C13H26O. The molecule has 0 radical (unpaired) electrons. The van der Waals surface area contributed by atoms with Gasteiger partial charge in [-0.25, -0.2) is 0 Å². The van der Waals surface area contributed by atoms with Crippen LogP contribution in [0.1, 0.15) is 60.8 Å². The van der Waals surface area contributed by atoms with Gasteiger partial charge in [-0.1, -0.05) is 20.8 Å². The number of rotatable bonds is 3. The third kappa shape index (κ3) is 2.98. The maximum atomic E-state index is 5.80. The summed E-state index contributed by atoms with van der Waals surface area (Å²) < 4.78 is 5.80. The lowest BCUT2D eigenvalue weighted by Crippen LogP contribution is -2.26. The highest BCUT2D eigenvalue weighted by Gasteiger charge is 2.51. The van der Waals surface area contributed by atoms with Crippen LogP contribution in [0, 0.1) is 10.8 Å². The molecule has 1 rings (SSSR count). The summed E-state index contributed by atoms with van der Waals surface area (Å²) in [5.41, 5.74) is 1.06. The van der Waals surface area contributed by atoms with E-state index in [1.165, 1.54) is 19.3 Å². The van der Waals surface area contributed by atoms with Crippen molar-refractivity contribution in [2.45, 2.75) is 66.4 Å². The Labute approximate surface area is 89.2 Å². The zero-order chi connectivity index (χ0) is 11.0. The van der Waals surface area contributed by atoms with Gasteiger partial charge in [0.05, 0.1) is 5.60 Å². The van der Waals surface area contributed by atoms with Crippen molar-refractivity contribution in [3.8, 4) is 0 Å². The molecule has 0 N–H and O–H groups in total. The first kappa shape index (κ1) is 12.0. The molecule has 0 spiro atoms. The monoisotopic (exact) mass is 198 g/mol. The molecule has 14 heavy (non-hydrogen) atoms. The number of ether oxygens (including phenoxy) is 1. The van der Waals surface area contributed by atoms with Gasteiger partial charge in [0.25, 0.3) is 0 Å². The largest absolute Gasteiger partial charge is 0.376 e. The number of hydrogen-bond donors (Lipinski definition) is 0. The summed E-state index contributed by atoms with van der Waals surface area (Å²) in [7, 11) is 0. The minimum absolute atomic E-state index is 0.0218. The SMILES string of the molecule is CC(C)(C)OCCC1(C(C)(C)C)CC1. The van der Waals surface area contributed by atoms with Crippen molar-refractivity contribution < 1.29 is 4.74 Å². The van der Waals surface area contributed by atoms with E-state index in [9.17, 15) is 0 Å². The van der Waals surface area contributed by atoms with Crippen molar-refractivity contribution >= 4 is 0 Å². The molecule has 0 atom stereocenters. The summed E-state index contributed by atoms with van der Waals surface area (Å²) in [6, 6.07) is 0. The fourth-order valence-electron chi connectivity index (χ4n) is 2.08. The molecule has 0 aliphatic heterocycles. The molecule has 84 valence electrons. The summed E-state index contributed by atoms with van der Waals surface area (Å²) in [6.07, 6.45) is 4.02. The first-order valence-electron chi connectivity index (χ1n) is 5.80. The zero-order valence-electron chi connectivity index (χ0n) is 10.7. The van der Waals surface area contributed by atoms with E-state index in [1.54, 1.807) is 0 Å². The Hall–Kier alpha value is -0.0400. The van der Waals surface area contributed by atoms with Crippen molar-refractivity contribution in [2.75, 3.05) is 6.61 Å². The molecule has 1 aliphatic rings. The molecule has 1 aliphatic carbocycles. The highest BCUT2D eigenvalue weighted by Crippen LogP contribution is 2.60. The van der Waals surface area contributed by atoms with Crippen LogP contribution < -0.4 is 0 Å². The normalized spacial score (nSPS) is 21.0. The smallest absolute Gasteiger partial charge is 0.0598 e. The highest BCUT2D eigenvalue weighted by atomic mass is 16.5. The minimum Gasteiger partial charge on any atom is -0.376 e. The van der Waals surface area contributed by atoms with E-state index >= 15 is 0 Å². The second-order valence-corrected chi connectivity index (χ2v) is 6.74. The van der Waals surface area contributed by atoms with Crippen molar-refractivity contribution in [1.82, 2.24) is 0 Å². The predicted molar refractivity (Wildman–Crippen MR) is 61.4 cm³/mol. The van der Waals surface area contributed by atoms with E-state index in [1.807, 2.05) is 0 Å². The average molecular weight is 198 g/mol. The summed E-state index contributed by atoms with van der Waals surface area (Å²) in [6.45, 7) is 14.4. The molecular weight excluding hydrogens is 172 g/mol. The van der Waals surface area contributed by atoms with Crippen molar-refractivity contribution in [2.24, 2.45) is 10.8 Å². The van der Waals surface area contributed by atoms with Gasteiger partial charge in [0.2, 0.25) is 0 Å². The molecule has 1 fully saturated rings. The third-order valence-corrected chi connectivity index (χ3v) is 3.56. The molecule has 0 heterocycles. The molecule has 0 aromatic rings. The van der Waals surface area contributed by atoms with Crippen LogP contribution in [-0.4, -0.2) is 12.2 Å². The van der Waals surface area contributed by atoms with E-state index in [-0.39, 0.29) is 5.60 Å². The molecule has 0 amide bonds.